The molecule has 2 aromatic rings. The average molecular weight is 328 g/mol. The number of hydrogen-bond acceptors (Lipinski definition) is 5. The Morgan fingerprint density at radius 1 is 1.42 bits per heavy atom. The van der Waals surface area contributed by atoms with Gasteiger partial charge in [-0.15, -0.1) is 0 Å². The van der Waals surface area contributed by atoms with E-state index in [9.17, 15) is 4.79 Å². The summed E-state index contributed by atoms with van der Waals surface area (Å²) >= 11 is 0. The maximum absolute atomic E-state index is 13.0. The van der Waals surface area contributed by atoms with Gasteiger partial charge in [-0.25, -0.2) is 4.98 Å². The number of H-pyrrole nitrogens is 1. The highest BCUT2D eigenvalue weighted by atomic mass is 16.5. The molecule has 1 amide bonds. The molecule has 2 aliphatic heterocycles. The number of fused-ring (bicyclic) bond motifs is 2. The number of amides is 1. The van der Waals surface area contributed by atoms with E-state index in [1.54, 1.807) is 11.1 Å². The van der Waals surface area contributed by atoms with Crippen LogP contribution >= 0.6 is 0 Å². The average Bonchev–Trinajstić information content (AvgIpc) is 2.86. The van der Waals surface area contributed by atoms with Crippen LogP contribution in [0.4, 0.5) is 0 Å². The fourth-order valence-electron chi connectivity index (χ4n) is 3.39. The molecule has 0 radical (unpaired) electrons. The summed E-state index contributed by atoms with van der Waals surface area (Å²) in [7, 11) is 0. The van der Waals surface area contributed by atoms with E-state index in [4.69, 9.17) is 9.47 Å². The summed E-state index contributed by atoms with van der Waals surface area (Å²) in [6.45, 7) is 5.41. The maximum atomic E-state index is 13.0. The van der Waals surface area contributed by atoms with Crippen LogP contribution in [0.1, 0.15) is 47.3 Å². The number of nitrogens with zero attached hydrogens (tertiary/aromatic N) is 3. The second kappa shape index (κ2) is 5.90. The Balaban J connectivity index is 1.63. The number of hydrogen-bond donors (Lipinski definition) is 1. The zero-order valence-corrected chi connectivity index (χ0v) is 13.8. The molecule has 0 saturated carbocycles. The van der Waals surface area contributed by atoms with Crippen molar-refractivity contribution >= 4 is 5.91 Å². The minimum Gasteiger partial charge on any atom is -0.476 e. The Labute approximate surface area is 140 Å². The van der Waals surface area contributed by atoms with Gasteiger partial charge in [0.2, 0.25) is 5.88 Å². The molecular formula is C17H20N4O3. The van der Waals surface area contributed by atoms with Gasteiger partial charge in [-0.3, -0.25) is 9.89 Å². The summed E-state index contributed by atoms with van der Waals surface area (Å²) in [5.41, 5.74) is 3.30. The van der Waals surface area contributed by atoms with Gasteiger partial charge in [0.25, 0.3) is 5.91 Å². The van der Waals surface area contributed by atoms with Crippen LogP contribution in [0.2, 0.25) is 0 Å². The van der Waals surface area contributed by atoms with E-state index in [0.717, 1.165) is 16.8 Å². The fourth-order valence-corrected chi connectivity index (χ4v) is 3.39. The molecule has 2 atom stereocenters. The molecule has 0 spiro atoms. The number of aromatic nitrogens is 3. The topological polar surface area (TPSA) is 80.3 Å². The van der Waals surface area contributed by atoms with E-state index >= 15 is 0 Å². The first kappa shape index (κ1) is 15.1. The monoisotopic (exact) mass is 328 g/mol. The van der Waals surface area contributed by atoms with Gasteiger partial charge < -0.3 is 14.4 Å². The first-order chi connectivity index (χ1) is 11.6. The smallest absolute Gasteiger partial charge is 0.275 e. The van der Waals surface area contributed by atoms with Crippen LogP contribution in [0.3, 0.4) is 0 Å². The van der Waals surface area contributed by atoms with Crippen LogP contribution in [0.5, 0.6) is 5.88 Å². The number of nitrogens with one attached hydrogen (secondary N) is 1. The highest BCUT2D eigenvalue weighted by Gasteiger charge is 2.32. The zero-order valence-electron chi connectivity index (χ0n) is 13.8. The molecule has 2 aromatic heterocycles. The Morgan fingerprint density at radius 2 is 2.29 bits per heavy atom. The van der Waals surface area contributed by atoms with Crippen LogP contribution in [0, 0.1) is 0 Å². The lowest BCUT2D eigenvalue weighted by Gasteiger charge is -2.26. The minimum absolute atomic E-state index is 0.0739. The summed E-state index contributed by atoms with van der Waals surface area (Å²) < 4.78 is 11.4. The molecule has 1 N–H and O–H groups in total. The molecule has 0 aliphatic carbocycles. The van der Waals surface area contributed by atoms with E-state index in [1.807, 2.05) is 26.0 Å². The molecule has 2 aliphatic rings. The third kappa shape index (κ3) is 2.54. The molecule has 126 valence electrons. The van der Waals surface area contributed by atoms with Crippen molar-refractivity contribution in [2.75, 3.05) is 13.2 Å². The van der Waals surface area contributed by atoms with Gasteiger partial charge in [0.1, 0.15) is 6.61 Å². The maximum Gasteiger partial charge on any atom is 0.275 e. The molecule has 0 saturated heterocycles. The number of pyridine rings is 1. The first-order valence-corrected chi connectivity index (χ1v) is 8.22. The summed E-state index contributed by atoms with van der Waals surface area (Å²) in [5.74, 6) is 0.529. The zero-order chi connectivity index (χ0) is 16.7. The van der Waals surface area contributed by atoms with Gasteiger partial charge in [0.05, 0.1) is 31.0 Å². The molecule has 4 rings (SSSR count). The van der Waals surface area contributed by atoms with Crippen LogP contribution < -0.4 is 4.74 Å². The molecule has 0 fully saturated rings. The SMILES string of the molecule is C[C@@H]1Cc2c(C(=O)N3CCOc4ncccc4C3)n[nH]c2[C@H](C)O1. The summed E-state index contributed by atoms with van der Waals surface area (Å²) in [5, 5.41) is 7.28. The quantitative estimate of drug-likeness (QED) is 0.864. The van der Waals surface area contributed by atoms with Crippen molar-refractivity contribution in [2.24, 2.45) is 0 Å². The summed E-state index contributed by atoms with van der Waals surface area (Å²) in [6.07, 6.45) is 2.40. The summed E-state index contributed by atoms with van der Waals surface area (Å²) in [4.78, 5) is 19.0. The van der Waals surface area contributed by atoms with Crippen molar-refractivity contribution in [3.63, 3.8) is 0 Å². The number of carbonyl (C=O) groups excluding carboxylic acids is 1. The van der Waals surface area contributed by atoms with Crippen LogP contribution in [-0.4, -0.2) is 45.2 Å². The fraction of sp³-hybridized carbons (Fsp3) is 0.471. The molecule has 24 heavy (non-hydrogen) atoms. The number of aromatic amines is 1. The Morgan fingerprint density at radius 3 is 3.17 bits per heavy atom. The molecule has 7 heteroatoms. The van der Waals surface area contributed by atoms with Gasteiger partial charge >= 0.3 is 0 Å². The normalized spacial score (nSPS) is 23.0. The van der Waals surface area contributed by atoms with E-state index in [-0.39, 0.29) is 18.1 Å². The van der Waals surface area contributed by atoms with E-state index in [1.165, 1.54) is 0 Å². The van der Waals surface area contributed by atoms with E-state index < -0.39 is 0 Å². The van der Waals surface area contributed by atoms with Crippen molar-refractivity contribution in [2.45, 2.75) is 39.0 Å². The number of rotatable bonds is 1. The standard InChI is InChI=1S/C17H20N4O3/c1-10-8-13-14(11(2)24-10)19-20-15(13)17(22)21-6-7-23-16-12(9-21)4-3-5-18-16/h3-5,10-11H,6-9H2,1-2H3,(H,19,20)/t10-,11+/m1/s1. The predicted molar refractivity (Wildman–Crippen MR) is 85.7 cm³/mol. The molecule has 7 nitrogen and oxygen atoms in total. The number of carbonyl (C=O) groups is 1. The lowest BCUT2D eigenvalue weighted by molar-refractivity contribution is -0.00702. The lowest BCUT2D eigenvalue weighted by atomic mass is 9.99. The van der Waals surface area contributed by atoms with Crippen molar-refractivity contribution in [3.8, 4) is 5.88 Å². The second-order valence-corrected chi connectivity index (χ2v) is 6.30. The second-order valence-electron chi connectivity index (χ2n) is 6.30. The van der Waals surface area contributed by atoms with Gasteiger partial charge in [0, 0.05) is 23.7 Å². The van der Waals surface area contributed by atoms with Crippen molar-refractivity contribution in [3.05, 3.63) is 40.8 Å². The molecule has 0 unspecified atom stereocenters. The molecule has 0 aromatic carbocycles. The molecule has 4 heterocycles. The van der Waals surface area contributed by atoms with Crippen molar-refractivity contribution in [1.82, 2.24) is 20.1 Å². The van der Waals surface area contributed by atoms with Crippen molar-refractivity contribution < 1.29 is 14.3 Å². The van der Waals surface area contributed by atoms with Gasteiger partial charge in [-0.05, 0) is 19.9 Å². The van der Waals surface area contributed by atoms with E-state index in [2.05, 4.69) is 15.2 Å². The Hall–Kier alpha value is -2.41. The first-order valence-electron chi connectivity index (χ1n) is 8.22. The molecular weight excluding hydrogens is 308 g/mol. The molecule has 0 bridgehead atoms. The van der Waals surface area contributed by atoms with Crippen LogP contribution in [0.15, 0.2) is 18.3 Å². The van der Waals surface area contributed by atoms with E-state index in [0.29, 0.717) is 37.7 Å². The third-order valence-corrected chi connectivity index (χ3v) is 4.53. The van der Waals surface area contributed by atoms with Crippen LogP contribution in [0.25, 0.3) is 0 Å². The minimum atomic E-state index is -0.0749. The van der Waals surface area contributed by atoms with Crippen LogP contribution in [-0.2, 0) is 17.7 Å². The third-order valence-electron chi connectivity index (χ3n) is 4.53. The van der Waals surface area contributed by atoms with Gasteiger partial charge in [-0.2, -0.15) is 5.10 Å². The van der Waals surface area contributed by atoms with Gasteiger partial charge in [0.15, 0.2) is 5.69 Å². The van der Waals surface area contributed by atoms with Gasteiger partial charge in [-0.1, -0.05) is 6.07 Å². The lowest BCUT2D eigenvalue weighted by Crippen LogP contribution is -2.34. The Kier molecular flexibility index (Phi) is 3.72. The van der Waals surface area contributed by atoms with Crippen molar-refractivity contribution in [1.29, 1.82) is 0 Å². The Bertz CT molecular complexity index is 773. The largest absolute Gasteiger partial charge is 0.476 e. The predicted octanol–water partition coefficient (Wildman–Crippen LogP) is 1.86. The highest BCUT2D eigenvalue weighted by molar-refractivity contribution is 5.94. The summed E-state index contributed by atoms with van der Waals surface area (Å²) in [6, 6.07) is 3.79. The highest BCUT2D eigenvalue weighted by Crippen LogP contribution is 2.31. The number of ether oxygens (including phenoxy) is 2.